The summed E-state index contributed by atoms with van der Waals surface area (Å²) >= 11 is 6.92. The van der Waals surface area contributed by atoms with Gasteiger partial charge in [0.15, 0.2) is 0 Å². The maximum absolute atomic E-state index is 11.5. The first kappa shape index (κ1) is 13.0. The van der Waals surface area contributed by atoms with Crippen molar-refractivity contribution in [1.82, 2.24) is 4.90 Å². The van der Waals surface area contributed by atoms with E-state index in [9.17, 15) is 4.79 Å². The molecule has 0 fully saturated rings. The van der Waals surface area contributed by atoms with E-state index in [1.165, 1.54) is 11.1 Å². The Morgan fingerprint density at radius 1 is 1.40 bits per heavy atom. The van der Waals surface area contributed by atoms with Crippen molar-refractivity contribution in [1.29, 1.82) is 0 Å². The fourth-order valence-electron chi connectivity index (χ4n) is 1.54. The van der Waals surface area contributed by atoms with Crippen LogP contribution in [0.25, 0.3) is 0 Å². The third kappa shape index (κ3) is 3.48. The lowest BCUT2D eigenvalue weighted by molar-refractivity contribution is 0.109. The summed E-state index contributed by atoms with van der Waals surface area (Å²) in [7, 11) is 0. The van der Waals surface area contributed by atoms with E-state index in [1.54, 1.807) is 4.90 Å². The lowest BCUT2D eigenvalue weighted by Gasteiger charge is -2.29. The molecule has 0 saturated carbocycles. The van der Waals surface area contributed by atoms with Crippen LogP contribution in [0.1, 0.15) is 13.3 Å². The van der Waals surface area contributed by atoms with Crippen LogP contribution in [0.4, 0.5) is 4.79 Å². The number of nitrogens with zero attached hydrogens (tertiary/aromatic N) is 1. The van der Waals surface area contributed by atoms with Crippen LogP contribution in [0.5, 0.6) is 0 Å². The Morgan fingerprint density at radius 3 is 2.60 bits per heavy atom. The van der Waals surface area contributed by atoms with Crippen molar-refractivity contribution in [3.63, 3.8) is 0 Å². The molecule has 15 heavy (non-hydrogen) atoms. The molecule has 0 atom stereocenters. The van der Waals surface area contributed by atoms with Gasteiger partial charge in [0.25, 0.3) is 0 Å². The van der Waals surface area contributed by atoms with E-state index < -0.39 is 0 Å². The molecule has 1 aliphatic rings. The fourth-order valence-corrected chi connectivity index (χ4v) is 2.79. The predicted molar refractivity (Wildman–Crippen MR) is 67.8 cm³/mol. The standard InChI is InChI=1S/C10H15Br2NO2/c1-2-15-10(14)13-4-3-8(5-11)9(6-12)7-13/h2-7H2,1H3. The highest BCUT2D eigenvalue weighted by Gasteiger charge is 2.22. The highest BCUT2D eigenvalue weighted by atomic mass is 79.9. The summed E-state index contributed by atoms with van der Waals surface area (Å²) in [6.07, 6.45) is 0.731. The van der Waals surface area contributed by atoms with Gasteiger partial charge in [0, 0.05) is 23.7 Å². The van der Waals surface area contributed by atoms with Crippen LogP contribution >= 0.6 is 31.9 Å². The van der Waals surface area contributed by atoms with Gasteiger partial charge in [-0.1, -0.05) is 37.4 Å². The summed E-state index contributed by atoms with van der Waals surface area (Å²) in [6, 6.07) is 0. The highest BCUT2D eigenvalue weighted by Crippen LogP contribution is 2.21. The van der Waals surface area contributed by atoms with Crippen LogP contribution in [0.15, 0.2) is 11.1 Å². The molecule has 3 nitrogen and oxygen atoms in total. The zero-order chi connectivity index (χ0) is 11.3. The van der Waals surface area contributed by atoms with Crippen LogP contribution in [-0.4, -0.2) is 41.3 Å². The number of alkyl halides is 2. The normalized spacial score (nSPS) is 16.9. The predicted octanol–water partition coefficient (Wildman–Crippen LogP) is 2.94. The molecule has 0 N–H and O–H groups in total. The molecule has 0 unspecified atom stereocenters. The van der Waals surface area contributed by atoms with Crippen molar-refractivity contribution in [2.75, 3.05) is 30.4 Å². The Kier molecular flexibility index (Phi) is 5.68. The monoisotopic (exact) mass is 339 g/mol. The number of amides is 1. The van der Waals surface area contributed by atoms with Gasteiger partial charge < -0.3 is 9.64 Å². The molecular formula is C10H15Br2NO2. The summed E-state index contributed by atoms with van der Waals surface area (Å²) in [4.78, 5) is 13.3. The first-order valence-electron chi connectivity index (χ1n) is 4.96. The van der Waals surface area contributed by atoms with Gasteiger partial charge in [0.2, 0.25) is 0 Å². The zero-order valence-corrected chi connectivity index (χ0v) is 11.9. The first-order valence-corrected chi connectivity index (χ1v) is 7.20. The molecule has 0 aromatic carbocycles. The number of carbonyl (C=O) groups excluding carboxylic acids is 1. The van der Waals surface area contributed by atoms with E-state index in [-0.39, 0.29) is 6.09 Å². The molecule has 0 aliphatic carbocycles. The summed E-state index contributed by atoms with van der Waals surface area (Å²) in [5, 5.41) is 1.72. The second kappa shape index (κ2) is 6.53. The van der Waals surface area contributed by atoms with Crippen molar-refractivity contribution >= 4 is 38.0 Å². The van der Waals surface area contributed by atoms with Crippen molar-refractivity contribution < 1.29 is 9.53 Å². The topological polar surface area (TPSA) is 29.5 Å². The minimum atomic E-state index is -0.204. The quantitative estimate of drug-likeness (QED) is 0.584. The van der Waals surface area contributed by atoms with Gasteiger partial charge in [-0.3, -0.25) is 0 Å². The Hall–Kier alpha value is -0.0300. The van der Waals surface area contributed by atoms with E-state index in [0.29, 0.717) is 13.2 Å². The second-order valence-corrected chi connectivity index (χ2v) is 4.47. The SMILES string of the molecule is CCOC(=O)N1CCC(CBr)=C(CBr)C1. The molecule has 1 amide bonds. The Morgan fingerprint density at radius 2 is 2.07 bits per heavy atom. The second-order valence-electron chi connectivity index (χ2n) is 3.34. The Labute approximate surface area is 107 Å². The number of rotatable bonds is 3. The molecule has 0 spiro atoms. The third-order valence-electron chi connectivity index (χ3n) is 2.41. The molecule has 0 radical (unpaired) electrons. The van der Waals surface area contributed by atoms with E-state index in [0.717, 1.165) is 23.6 Å². The lowest BCUT2D eigenvalue weighted by atomic mass is 10.0. The molecule has 0 aromatic heterocycles. The van der Waals surface area contributed by atoms with E-state index in [2.05, 4.69) is 31.9 Å². The smallest absolute Gasteiger partial charge is 0.410 e. The number of ether oxygens (including phenoxy) is 1. The summed E-state index contributed by atoms with van der Waals surface area (Å²) in [5.41, 5.74) is 2.68. The lowest BCUT2D eigenvalue weighted by Crippen LogP contribution is -2.38. The third-order valence-corrected chi connectivity index (χ3v) is 3.77. The number of hydrogen-bond acceptors (Lipinski definition) is 2. The Balaban J connectivity index is 2.63. The van der Waals surface area contributed by atoms with Crippen LogP contribution in [0, 0.1) is 0 Å². The highest BCUT2D eigenvalue weighted by molar-refractivity contribution is 9.09. The average molecular weight is 341 g/mol. The van der Waals surface area contributed by atoms with Gasteiger partial charge in [-0.25, -0.2) is 4.79 Å². The van der Waals surface area contributed by atoms with Crippen LogP contribution in [-0.2, 0) is 4.74 Å². The minimum Gasteiger partial charge on any atom is -0.450 e. The maximum Gasteiger partial charge on any atom is 0.410 e. The largest absolute Gasteiger partial charge is 0.450 e. The maximum atomic E-state index is 11.5. The van der Waals surface area contributed by atoms with Gasteiger partial charge in [0.05, 0.1) is 6.61 Å². The Bertz CT molecular complexity index is 266. The van der Waals surface area contributed by atoms with Gasteiger partial charge >= 0.3 is 6.09 Å². The summed E-state index contributed by atoms with van der Waals surface area (Å²) in [6.45, 7) is 3.71. The minimum absolute atomic E-state index is 0.204. The summed E-state index contributed by atoms with van der Waals surface area (Å²) < 4.78 is 4.98. The van der Waals surface area contributed by atoms with Crippen LogP contribution < -0.4 is 0 Å². The van der Waals surface area contributed by atoms with Gasteiger partial charge in [-0.05, 0) is 18.9 Å². The molecule has 1 heterocycles. The fraction of sp³-hybridized carbons (Fsp3) is 0.700. The molecule has 1 rings (SSSR count). The van der Waals surface area contributed by atoms with E-state index >= 15 is 0 Å². The number of carbonyl (C=O) groups is 1. The zero-order valence-electron chi connectivity index (χ0n) is 8.76. The van der Waals surface area contributed by atoms with E-state index in [1.807, 2.05) is 6.92 Å². The molecule has 0 saturated heterocycles. The first-order chi connectivity index (χ1) is 7.22. The average Bonchev–Trinajstić information content (AvgIpc) is 2.28. The summed E-state index contributed by atoms with van der Waals surface area (Å²) in [5.74, 6) is 0. The number of halogens is 2. The van der Waals surface area contributed by atoms with Gasteiger partial charge in [-0.15, -0.1) is 0 Å². The molecule has 5 heteroatoms. The van der Waals surface area contributed by atoms with Crippen LogP contribution in [0.2, 0.25) is 0 Å². The molecule has 0 aromatic rings. The number of hydrogen-bond donors (Lipinski definition) is 0. The van der Waals surface area contributed by atoms with Crippen LogP contribution in [0.3, 0.4) is 0 Å². The van der Waals surface area contributed by atoms with Crippen molar-refractivity contribution in [2.45, 2.75) is 13.3 Å². The molecular weight excluding hydrogens is 326 g/mol. The molecule has 1 aliphatic heterocycles. The molecule has 86 valence electrons. The van der Waals surface area contributed by atoms with Gasteiger partial charge in [0.1, 0.15) is 0 Å². The van der Waals surface area contributed by atoms with Crippen molar-refractivity contribution in [3.05, 3.63) is 11.1 Å². The molecule has 0 bridgehead atoms. The van der Waals surface area contributed by atoms with Crippen molar-refractivity contribution in [3.8, 4) is 0 Å². The van der Waals surface area contributed by atoms with E-state index in [4.69, 9.17) is 4.74 Å². The van der Waals surface area contributed by atoms with Crippen molar-refractivity contribution in [2.24, 2.45) is 0 Å². The van der Waals surface area contributed by atoms with Gasteiger partial charge in [-0.2, -0.15) is 0 Å².